The van der Waals surface area contributed by atoms with Gasteiger partial charge in [0.1, 0.15) is 17.3 Å². The molecular weight excluding hydrogens is 268 g/mol. The number of allylic oxidation sites excluding steroid dienone is 2. The van der Waals surface area contributed by atoms with Crippen LogP contribution < -0.4 is 0 Å². The van der Waals surface area contributed by atoms with Gasteiger partial charge in [0.2, 0.25) is 0 Å². The van der Waals surface area contributed by atoms with Crippen LogP contribution in [0.25, 0.3) is 0 Å². The molecule has 0 saturated carbocycles. The molecule has 4 nitrogen and oxygen atoms in total. The fourth-order valence-corrected chi connectivity index (χ4v) is 2.87. The van der Waals surface area contributed by atoms with Crippen LogP contribution in [0.2, 0.25) is 0 Å². The topological polar surface area (TPSA) is 77.8 Å². The van der Waals surface area contributed by atoms with E-state index in [1.54, 1.807) is 0 Å². The van der Waals surface area contributed by atoms with E-state index in [1.165, 1.54) is 50.3 Å². The Bertz CT molecular complexity index is 386. The van der Waals surface area contributed by atoms with Gasteiger partial charge in [0.05, 0.1) is 0 Å². The number of aliphatic hydroxyl groups is 2. The molecule has 0 heterocycles. The summed E-state index contributed by atoms with van der Waals surface area (Å²) in [4.78, 5) is 11.2. The second-order valence-electron chi connectivity index (χ2n) is 5.94. The van der Waals surface area contributed by atoms with E-state index in [-0.39, 0.29) is 5.76 Å². The molecule has 1 rings (SSSR count). The monoisotopic (exact) mass is 296 g/mol. The van der Waals surface area contributed by atoms with Gasteiger partial charge in [-0.25, -0.2) is 0 Å². The van der Waals surface area contributed by atoms with Crippen molar-refractivity contribution < 1.29 is 20.1 Å². The predicted molar refractivity (Wildman–Crippen MR) is 83.2 cm³/mol. The zero-order valence-electron chi connectivity index (χ0n) is 12.9. The summed E-state index contributed by atoms with van der Waals surface area (Å²) in [6.45, 7) is 2.20. The number of aliphatic carboxylic acids is 1. The van der Waals surface area contributed by atoms with E-state index in [1.807, 2.05) is 0 Å². The van der Waals surface area contributed by atoms with Gasteiger partial charge < -0.3 is 15.3 Å². The number of aliphatic hydroxyl groups excluding tert-OH is 1. The van der Waals surface area contributed by atoms with Gasteiger partial charge in [0.25, 0.3) is 0 Å². The van der Waals surface area contributed by atoms with Gasteiger partial charge in [-0.15, -0.1) is 0 Å². The highest BCUT2D eigenvalue weighted by Gasteiger charge is 2.43. The molecule has 21 heavy (non-hydrogen) atoms. The molecule has 0 aliphatic heterocycles. The Labute approximate surface area is 127 Å². The van der Waals surface area contributed by atoms with Gasteiger partial charge in [0, 0.05) is 0 Å². The second-order valence-corrected chi connectivity index (χ2v) is 5.94. The molecule has 3 N–H and O–H groups in total. The highest BCUT2D eigenvalue weighted by Crippen LogP contribution is 2.33. The molecule has 1 aliphatic carbocycles. The number of rotatable bonds is 10. The molecule has 0 aromatic rings. The van der Waals surface area contributed by atoms with Crippen molar-refractivity contribution >= 4 is 5.97 Å². The lowest BCUT2D eigenvalue weighted by Crippen LogP contribution is -2.43. The van der Waals surface area contributed by atoms with E-state index in [0.717, 1.165) is 19.3 Å². The minimum absolute atomic E-state index is 0.271. The molecule has 2 unspecified atom stereocenters. The summed E-state index contributed by atoms with van der Waals surface area (Å²) in [6, 6.07) is 0. The SMILES string of the molecule is CCCCCCCCCCC1(O)C=CC=C(O)C1C(=O)O. The fourth-order valence-electron chi connectivity index (χ4n) is 2.87. The van der Waals surface area contributed by atoms with Gasteiger partial charge in [0.15, 0.2) is 0 Å². The summed E-state index contributed by atoms with van der Waals surface area (Å²) in [5, 5.41) is 29.3. The molecule has 0 saturated heterocycles. The van der Waals surface area contributed by atoms with Crippen LogP contribution in [0.3, 0.4) is 0 Å². The number of carboxylic acids is 1. The number of carbonyl (C=O) groups is 1. The second kappa shape index (κ2) is 8.88. The Morgan fingerprint density at radius 2 is 1.71 bits per heavy atom. The Kier molecular flexibility index (Phi) is 7.51. The fraction of sp³-hybridized carbons (Fsp3) is 0.706. The number of unbranched alkanes of at least 4 members (excludes halogenated alkanes) is 7. The number of hydrogen-bond donors (Lipinski definition) is 3. The largest absolute Gasteiger partial charge is 0.511 e. The summed E-state index contributed by atoms with van der Waals surface area (Å²) in [7, 11) is 0. The van der Waals surface area contributed by atoms with Crippen molar-refractivity contribution in [2.45, 2.75) is 70.3 Å². The van der Waals surface area contributed by atoms with Gasteiger partial charge in [-0.2, -0.15) is 0 Å². The summed E-state index contributed by atoms with van der Waals surface area (Å²) >= 11 is 0. The predicted octanol–water partition coefficient (Wildman–Crippen LogP) is 3.96. The van der Waals surface area contributed by atoms with E-state index in [9.17, 15) is 20.1 Å². The number of hydrogen-bond acceptors (Lipinski definition) is 3. The van der Waals surface area contributed by atoms with Crippen LogP contribution in [0.5, 0.6) is 0 Å². The molecule has 0 bridgehead atoms. The summed E-state index contributed by atoms with van der Waals surface area (Å²) < 4.78 is 0. The number of carboxylic acid groups (broad SMARTS) is 1. The van der Waals surface area contributed by atoms with Crippen LogP contribution in [0.4, 0.5) is 0 Å². The molecule has 0 radical (unpaired) electrons. The molecule has 0 aromatic heterocycles. The maximum atomic E-state index is 11.2. The van der Waals surface area contributed by atoms with E-state index < -0.39 is 17.5 Å². The van der Waals surface area contributed by atoms with E-state index in [0.29, 0.717) is 6.42 Å². The zero-order chi connectivity index (χ0) is 15.7. The van der Waals surface area contributed by atoms with Crippen LogP contribution in [0, 0.1) is 5.92 Å². The van der Waals surface area contributed by atoms with Crippen LogP contribution >= 0.6 is 0 Å². The minimum Gasteiger partial charge on any atom is -0.511 e. The first kappa shape index (κ1) is 17.8. The molecular formula is C17H28O4. The zero-order valence-corrected chi connectivity index (χ0v) is 12.9. The van der Waals surface area contributed by atoms with Crippen LogP contribution in [0.1, 0.15) is 64.7 Å². The Morgan fingerprint density at radius 3 is 2.29 bits per heavy atom. The summed E-state index contributed by atoms with van der Waals surface area (Å²) in [5.41, 5.74) is -1.47. The molecule has 0 fully saturated rings. The van der Waals surface area contributed by atoms with Crippen molar-refractivity contribution in [3.8, 4) is 0 Å². The lowest BCUT2D eigenvalue weighted by molar-refractivity contribution is -0.149. The lowest BCUT2D eigenvalue weighted by Gasteiger charge is -2.32. The van der Waals surface area contributed by atoms with Crippen molar-refractivity contribution in [3.05, 3.63) is 24.0 Å². The average molecular weight is 296 g/mol. The van der Waals surface area contributed by atoms with E-state index in [4.69, 9.17) is 0 Å². The lowest BCUT2D eigenvalue weighted by atomic mass is 9.79. The van der Waals surface area contributed by atoms with Crippen LogP contribution in [-0.2, 0) is 4.79 Å². The Balaban J connectivity index is 2.31. The van der Waals surface area contributed by atoms with Crippen molar-refractivity contribution in [1.29, 1.82) is 0 Å². The van der Waals surface area contributed by atoms with Crippen LogP contribution in [0.15, 0.2) is 24.0 Å². The standard InChI is InChI=1S/C17H28O4/c1-2-3-4-5-6-7-8-9-12-17(21)13-10-11-14(18)15(17)16(19)20/h10-11,13,15,18,21H,2-9,12H2,1H3,(H,19,20). The third-order valence-corrected chi connectivity index (χ3v) is 4.13. The first-order valence-corrected chi connectivity index (χ1v) is 8.05. The molecule has 4 heteroatoms. The first-order chi connectivity index (χ1) is 10.0. The maximum absolute atomic E-state index is 11.2. The molecule has 1 aliphatic rings. The summed E-state index contributed by atoms with van der Waals surface area (Å²) in [5.74, 6) is -2.70. The normalized spacial score (nSPS) is 24.9. The van der Waals surface area contributed by atoms with Gasteiger partial charge in [-0.05, 0) is 12.5 Å². The van der Waals surface area contributed by atoms with E-state index in [2.05, 4.69) is 6.92 Å². The Hall–Kier alpha value is -1.29. The summed E-state index contributed by atoms with van der Waals surface area (Å²) in [6.07, 6.45) is 13.8. The molecule has 0 spiro atoms. The van der Waals surface area contributed by atoms with Crippen molar-refractivity contribution in [2.24, 2.45) is 5.92 Å². The smallest absolute Gasteiger partial charge is 0.317 e. The van der Waals surface area contributed by atoms with Gasteiger partial charge in [-0.1, -0.05) is 70.4 Å². The molecule has 2 atom stereocenters. The third-order valence-electron chi connectivity index (χ3n) is 4.13. The van der Waals surface area contributed by atoms with Gasteiger partial charge >= 0.3 is 5.97 Å². The van der Waals surface area contributed by atoms with Gasteiger partial charge in [-0.3, -0.25) is 4.79 Å². The first-order valence-electron chi connectivity index (χ1n) is 8.05. The highest BCUT2D eigenvalue weighted by atomic mass is 16.4. The maximum Gasteiger partial charge on any atom is 0.317 e. The van der Waals surface area contributed by atoms with Crippen LogP contribution in [-0.4, -0.2) is 26.9 Å². The minimum atomic E-state index is -1.47. The molecule has 0 amide bonds. The highest BCUT2D eigenvalue weighted by molar-refractivity contribution is 5.75. The average Bonchev–Trinajstić information content (AvgIpc) is 2.41. The van der Waals surface area contributed by atoms with E-state index >= 15 is 0 Å². The quantitative estimate of drug-likeness (QED) is 0.533. The third kappa shape index (κ3) is 5.54. The molecule has 120 valence electrons. The van der Waals surface area contributed by atoms with Crippen molar-refractivity contribution in [2.75, 3.05) is 0 Å². The molecule has 0 aromatic carbocycles. The van der Waals surface area contributed by atoms with Crippen molar-refractivity contribution in [1.82, 2.24) is 0 Å². The van der Waals surface area contributed by atoms with Crippen molar-refractivity contribution in [3.63, 3.8) is 0 Å². The Morgan fingerprint density at radius 1 is 1.14 bits per heavy atom.